The number of rotatable bonds is 0. The molecule has 0 radical (unpaired) electrons. The van der Waals surface area contributed by atoms with Gasteiger partial charge in [0.1, 0.15) is 0 Å². The molecule has 0 atom stereocenters. The molecule has 0 bridgehead atoms. The Kier molecular flexibility index (Phi) is 10.8. The van der Waals surface area contributed by atoms with Crippen molar-refractivity contribution in [3.05, 3.63) is 59.7 Å². The minimum absolute atomic E-state index is 0. The summed E-state index contributed by atoms with van der Waals surface area (Å²) in [4.78, 5) is 0. The Morgan fingerprint density at radius 3 is 1.32 bits per heavy atom. The normalized spacial score (nSPS) is 17.1. The van der Waals surface area contributed by atoms with E-state index in [-0.39, 0.29) is 20.3 Å². The lowest BCUT2D eigenvalue weighted by Crippen LogP contribution is -2.14. The first-order chi connectivity index (χ1) is 12.3. The molecule has 0 nitrogen and oxygen atoms in total. The molecule has 4 rings (SSSR count). The van der Waals surface area contributed by atoms with E-state index in [0.29, 0.717) is 5.41 Å². The minimum atomic E-state index is 0. The molecule has 28 heavy (non-hydrogen) atoms. The van der Waals surface area contributed by atoms with Crippen LogP contribution in [-0.4, -0.2) is 0 Å². The van der Waals surface area contributed by atoms with Gasteiger partial charge in [-0.3, -0.25) is 0 Å². The molecular formula is C28H46. The maximum absolute atomic E-state index is 2.38. The van der Waals surface area contributed by atoms with Gasteiger partial charge in [-0.2, -0.15) is 0 Å². The van der Waals surface area contributed by atoms with E-state index in [0.717, 1.165) is 0 Å². The lowest BCUT2D eigenvalue weighted by atomic mass is 9.78. The van der Waals surface area contributed by atoms with Gasteiger partial charge in [0.05, 0.1) is 0 Å². The highest BCUT2D eigenvalue weighted by atomic mass is 14.4. The molecular weight excluding hydrogens is 336 g/mol. The fraction of sp³-hybridized carbons (Fsp3) is 0.571. The zero-order chi connectivity index (χ0) is 19.2. The second kappa shape index (κ2) is 11.4. The van der Waals surface area contributed by atoms with E-state index in [9.17, 15) is 0 Å². The zero-order valence-electron chi connectivity index (χ0n) is 17.9. The van der Waals surface area contributed by atoms with Crippen LogP contribution < -0.4 is 0 Å². The molecule has 0 unspecified atom stereocenters. The molecule has 0 amide bonds. The Balaban J connectivity index is 0.000000483. The highest BCUT2D eigenvalue weighted by Crippen LogP contribution is 2.47. The number of fused-ring (bicyclic) bond motifs is 3. The molecule has 2 aromatic rings. The monoisotopic (exact) mass is 382 g/mol. The first-order valence-corrected chi connectivity index (χ1v) is 10.5. The third-order valence-electron chi connectivity index (χ3n) is 5.70. The van der Waals surface area contributed by atoms with Crippen LogP contribution in [0.1, 0.15) is 106 Å². The molecule has 2 aliphatic carbocycles. The SMILES string of the molecule is C.C.CC1(C)CCCCC1.CC1(C)c2ccccc2-c2ccccc21.CCC. The number of hydrogen-bond acceptors (Lipinski definition) is 0. The van der Waals surface area contributed by atoms with Gasteiger partial charge in [0, 0.05) is 5.41 Å². The summed E-state index contributed by atoms with van der Waals surface area (Å²) in [7, 11) is 0. The van der Waals surface area contributed by atoms with Gasteiger partial charge >= 0.3 is 0 Å². The standard InChI is InChI=1S/C15H14.C8H16.C3H8.2CH4/c1-15(2)13-9-5-3-7-11(13)12-8-4-6-10-14(12)15;1-8(2)6-4-3-5-7-8;1-3-2;;/h3-10H,1-2H3;3-7H2,1-2H3;3H2,1-2H3;2*1H4. The summed E-state index contributed by atoms with van der Waals surface area (Å²) in [5, 5.41) is 0. The maximum atomic E-state index is 2.38. The second-order valence-electron chi connectivity index (χ2n) is 9.15. The third-order valence-corrected chi connectivity index (χ3v) is 5.70. The fourth-order valence-electron chi connectivity index (χ4n) is 4.18. The first-order valence-electron chi connectivity index (χ1n) is 10.5. The van der Waals surface area contributed by atoms with Gasteiger partial charge in [-0.15, -0.1) is 0 Å². The number of benzene rings is 2. The van der Waals surface area contributed by atoms with E-state index >= 15 is 0 Å². The van der Waals surface area contributed by atoms with Crippen LogP contribution in [0.25, 0.3) is 11.1 Å². The van der Waals surface area contributed by atoms with Gasteiger partial charge in [-0.05, 0) is 40.5 Å². The molecule has 1 saturated carbocycles. The molecule has 0 saturated heterocycles. The molecule has 1 fully saturated rings. The maximum Gasteiger partial charge on any atom is 0.0158 e. The van der Waals surface area contributed by atoms with Crippen LogP contribution in [-0.2, 0) is 5.41 Å². The Labute approximate surface area is 176 Å². The van der Waals surface area contributed by atoms with Crippen molar-refractivity contribution in [1.29, 1.82) is 0 Å². The van der Waals surface area contributed by atoms with Crippen molar-refractivity contribution in [1.82, 2.24) is 0 Å². The van der Waals surface area contributed by atoms with Crippen LogP contribution in [0.2, 0.25) is 0 Å². The van der Waals surface area contributed by atoms with Crippen molar-refractivity contribution < 1.29 is 0 Å². The zero-order valence-corrected chi connectivity index (χ0v) is 17.9. The summed E-state index contributed by atoms with van der Waals surface area (Å²) in [5.74, 6) is 0. The Bertz CT molecular complexity index is 635. The minimum Gasteiger partial charge on any atom is -0.0776 e. The summed E-state index contributed by atoms with van der Waals surface area (Å²) in [5.41, 5.74) is 6.54. The fourth-order valence-corrected chi connectivity index (χ4v) is 4.18. The van der Waals surface area contributed by atoms with E-state index in [1.54, 1.807) is 0 Å². The Hall–Kier alpha value is -1.56. The van der Waals surface area contributed by atoms with Crippen LogP contribution >= 0.6 is 0 Å². The summed E-state index contributed by atoms with van der Waals surface area (Å²) < 4.78 is 0. The molecule has 0 aromatic heterocycles. The summed E-state index contributed by atoms with van der Waals surface area (Å²) in [6.07, 6.45) is 8.56. The topological polar surface area (TPSA) is 0 Å². The van der Waals surface area contributed by atoms with Crippen LogP contribution in [0.3, 0.4) is 0 Å². The van der Waals surface area contributed by atoms with Gasteiger partial charge in [0.15, 0.2) is 0 Å². The summed E-state index contributed by atoms with van der Waals surface area (Å²) >= 11 is 0. The van der Waals surface area contributed by atoms with Crippen LogP contribution in [0.4, 0.5) is 0 Å². The van der Waals surface area contributed by atoms with Crippen molar-refractivity contribution in [3.63, 3.8) is 0 Å². The molecule has 158 valence electrons. The van der Waals surface area contributed by atoms with E-state index < -0.39 is 0 Å². The number of hydrogen-bond donors (Lipinski definition) is 0. The van der Waals surface area contributed by atoms with Gasteiger partial charge in [-0.25, -0.2) is 0 Å². The molecule has 0 heterocycles. The van der Waals surface area contributed by atoms with Crippen molar-refractivity contribution in [2.24, 2.45) is 5.41 Å². The van der Waals surface area contributed by atoms with E-state index in [1.165, 1.54) is 60.8 Å². The largest absolute Gasteiger partial charge is 0.0776 e. The van der Waals surface area contributed by atoms with Crippen molar-refractivity contribution in [2.45, 2.75) is 100 Å². The quantitative estimate of drug-likeness (QED) is 0.425. The van der Waals surface area contributed by atoms with Crippen LogP contribution in [0.5, 0.6) is 0 Å². The van der Waals surface area contributed by atoms with Crippen molar-refractivity contribution in [2.75, 3.05) is 0 Å². The summed E-state index contributed by atoms with van der Waals surface area (Å²) in [6, 6.07) is 17.4. The molecule has 0 N–H and O–H groups in total. The highest BCUT2D eigenvalue weighted by molar-refractivity contribution is 5.80. The lowest BCUT2D eigenvalue weighted by Gasteiger charge is -2.28. The van der Waals surface area contributed by atoms with E-state index in [2.05, 4.69) is 90.1 Å². The second-order valence-corrected chi connectivity index (χ2v) is 9.15. The first kappa shape index (κ1) is 26.4. The van der Waals surface area contributed by atoms with E-state index in [4.69, 9.17) is 0 Å². The lowest BCUT2D eigenvalue weighted by molar-refractivity contribution is 0.244. The van der Waals surface area contributed by atoms with Gasteiger partial charge < -0.3 is 0 Å². The molecule has 2 aliphatic rings. The predicted octanol–water partition coefficient (Wildman–Crippen LogP) is 9.66. The molecule has 2 aromatic carbocycles. The molecule has 0 spiro atoms. The smallest absolute Gasteiger partial charge is 0.0158 e. The Morgan fingerprint density at radius 1 is 0.643 bits per heavy atom. The highest BCUT2D eigenvalue weighted by Gasteiger charge is 2.34. The summed E-state index contributed by atoms with van der Waals surface area (Å²) in [6.45, 7) is 13.6. The average molecular weight is 383 g/mol. The molecule has 0 heteroatoms. The Morgan fingerprint density at radius 2 is 1.00 bits per heavy atom. The van der Waals surface area contributed by atoms with Crippen LogP contribution in [0.15, 0.2) is 48.5 Å². The van der Waals surface area contributed by atoms with Crippen LogP contribution in [0, 0.1) is 5.41 Å². The molecule has 0 aliphatic heterocycles. The van der Waals surface area contributed by atoms with Crippen molar-refractivity contribution in [3.8, 4) is 11.1 Å². The van der Waals surface area contributed by atoms with Gasteiger partial charge in [0.2, 0.25) is 0 Å². The van der Waals surface area contributed by atoms with Crippen molar-refractivity contribution >= 4 is 0 Å². The van der Waals surface area contributed by atoms with Gasteiger partial charge in [0.25, 0.3) is 0 Å². The average Bonchev–Trinajstić information content (AvgIpc) is 2.85. The third kappa shape index (κ3) is 6.23. The van der Waals surface area contributed by atoms with Gasteiger partial charge in [-0.1, -0.05) is 131 Å². The predicted molar refractivity (Wildman–Crippen MR) is 130 cm³/mol. The van der Waals surface area contributed by atoms with E-state index in [1.807, 2.05) is 0 Å².